The first-order valence-electron chi connectivity index (χ1n) is 8.19. The number of hydrogen-bond donors (Lipinski definition) is 1. The first-order chi connectivity index (χ1) is 12.7. The fourth-order valence-electron chi connectivity index (χ4n) is 2.39. The zero-order valence-electron chi connectivity index (χ0n) is 14.2. The van der Waals surface area contributed by atoms with E-state index in [0.29, 0.717) is 17.9 Å². The number of rotatable bonds is 7. The van der Waals surface area contributed by atoms with Crippen LogP contribution in [0.1, 0.15) is 13.3 Å². The molecule has 0 aliphatic rings. The highest BCUT2D eigenvalue weighted by Crippen LogP contribution is 2.24. The second-order valence-corrected chi connectivity index (χ2v) is 6.50. The van der Waals surface area contributed by atoms with Gasteiger partial charge >= 0.3 is 0 Å². The molecule has 0 atom stereocenters. The van der Waals surface area contributed by atoms with E-state index >= 15 is 0 Å². The van der Waals surface area contributed by atoms with Gasteiger partial charge < -0.3 is 9.88 Å². The number of hydrogen-bond acceptors (Lipinski definition) is 5. The van der Waals surface area contributed by atoms with Gasteiger partial charge in [-0.05, 0) is 43.3 Å². The summed E-state index contributed by atoms with van der Waals surface area (Å²) >= 11 is 1.48. The van der Waals surface area contributed by atoms with Crippen molar-refractivity contribution in [3.8, 4) is 11.4 Å². The zero-order valence-corrected chi connectivity index (χ0v) is 15.0. The lowest BCUT2D eigenvalue weighted by molar-refractivity contribution is -0.115. The van der Waals surface area contributed by atoms with Crippen molar-refractivity contribution >= 4 is 23.4 Å². The molecule has 0 saturated heterocycles. The molecule has 3 aromatic rings. The van der Waals surface area contributed by atoms with Crippen molar-refractivity contribution in [2.75, 3.05) is 11.1 Å². The number of carbonyl (C=O) groups is 1. The quantitative estimate of drug-likeness (QED) is 0.642. The van der Waals surface area contributed by atoms with Gasteiger partial charge in [0, 0.05) is 42.4 Å². The Hall–Kier alpha value is -2.74. The van der Waals surface area contributed by atoms with E-state index in [0.717, 1.165) is 23.1 Å². The molecule has 0 unspecified atom stereocenters. The SMILES string of the molecule is CCn1c(SCCC(=O)Nc2ccc(F)cc2)nnc1-c1ccncc1. The summed E-state index contributed by atoms with van der Waals surface area (Å²) in [6.07, 6.45) is 3.76. The lowest BCUT2D eigenvalue weighted by Crippen LogP contribution is -2.12. The Labute approximate surface area is 154 Å². The third-order valence-electron chi connectivity index (χ3n) is 3.66. The van der Waals surface area contributed by atoms with Gasteiger partial charge in [0.25, 0.3) is 0 Å². The minimum atomic E-state index is -0.331. The van der Waals surface area contributed by atoms with Crippen molar-refractivity contribution in [2.45, 2.75) is 25.0 Å². The Kier molecular flexibility index (Phi) is 5.96. The van der Waals surface area contributed by atoms with E-state index < -0.39 is 0 Å². The number of thioether (sulfide) groups is 1. The molecule has 0 saturated carbocycles. The monoisotopic (exact) mass is 371 g/mol. The van der Waals surface area contributed by atoms with Crippen LogP contribution in [0.3, 0.4) is 0 Å². The molecular weight excluding hydrogens is 353 g/mol. The smallest absolute Gasteiger partial charge is 0.225 e. The van der Waals surface area contributed by atoms with Crippen molar-refractivity contribution in [1.82, 2.24) is 19.7 Å². The number of nitrogens with one attached hydrogen (secondary N) is 1. The lowest BCUT2D eigenvalue weighted by Gasteiger charge is -2.07. The third kappa shape index (κ3) is 4.45. The first-order valence-corrected chi connectivity index (χ1v) is 9.17. The lowest BCUT2D eigenvalue weighted by atomic mass is 10.2. The van der Waals surface area contributed by atoms with Crippen LogP contribution in [-0.2, 0) is 11.3 Å². The van der Waals surface area contributed by atoms with E-state index in [-0.39, 0.29) is 11.7 Å². The van der Waals surface area contributed by atoms with E-state index in [1.54, 1.807) is 12.4 Å². The first kappa shape index (κ1) is 18.1. The molecule has 1 aromatic carbocycles. The van der Waals surface area contributed by atoms with Crippen LogP contribution in [0, 0.1) is 5.82 Å². The number of pyridine rings is 1. The van der Waals surface area contributed by atoms with Crippen LogP contribution in [-0.4, -0.2) is 31.4 Å². The molecule has 0 radical (unpaired) electrons. The van der Waals surface area contributed by atoms with Crippen molar-refractivity contribution < 1.29 is 9.18 Å². The minimum Gasteiger partial charge on any atom is -0.326 e. The van der Waals surface area contributed by atoms with Crippen LogP contribution < -0.4 is 5.32 Å². The van der Waals surface area contributed by atoms with Crippen LogP contribution in [0.25, 0.3) is 11.4 Å². The number of halogens is 1. The molecule has 2 heterocycles. The maximum absolute atomic E-state index is 12.9. The fraction of sp³-hybridized carbons (Fsp3) is 0.222. The molecule has 1 amide bonds. The van der Waals surface area contributed by atoms with Crippen LogP contribution >= 0.6 is 11.8 Å². The maximum atomic E-state index is 12.9. The van der Waals surface area contributed by atoms with Crippen molar-refractivity contribution in [3.05, 3.63) is 54.6 Å². The Morgan fingerprint density at radius 3 is 2.58 bits per heavy atom. The average molecular weight is 371 g/mol. The molecule has 0 aliphatic heterocycles. The summed E-state index contributed by atoms with van der Waals surface area (Å²) in [7, 11) is 0. The summed E-state index contributed by atoms with van der Waals surface area (Å²) in [5.74, 6) is 0.901. The molecule has 0 spiro atoms. The van der Waals surface area contributed by atoms with Gasteiger partial charge in [0.2, 0.25) is 5.91 Å². The van der Waals surface area contributed by atoms with Gasteiger partial charge in [-0.1, -0.05) is 11.8 Å². The number of benzene rings is 1. The molecule has 3 rings (SSSR count). The topological polar surface area (TPSA) is 72.7 Å². The van der Waals surface area contributed by atoms with E-state index in [1.807, 2.05) is 23.6 Å². The van der Waals surface area contributed by atoms with Gasteiger partial charge in [-0.25, -0.2) is 4.39 Å². The van der Waals surface area contributed by atoms with Gasteiger partial charge in [0.1, 0.15) is 5.82 Å². The summed E-state index contributed by atoms with van der Waals surface area (Å²) in [5.41, 5.74) is 1.54. The summed E-state index contributed by atoms with van der Waals surface area (Å²) in [6.45, 7) is 2.76. The van der Waals surface area contributed by atoms with Crippen LogP contribution in [0.2, 0.25) is 0 Å². The van der Waals surface area contributed by atoms with Gasteiger partial charge in [0.15, 0.2) is 11.0 Å². The Bertz CT molecular complexity index is 867. The molecule has 2 aromatic heterocycles. The highest BCUT2D eigenvalue weighted by molar-refractivity contribution is 7.99. The van der Waals surface area contributed by atoms with Gasteiger partial charge in [-0.15, -0.1) is 10.2 Å². The predicted octanol–water partition coefficient (Wildman–Crippen LogP) is 3.62. The van der Waals surface area contributed by atoms with Gasteiger partial charge in [0.05, 0.1) is 0 Å². The van der Waals surface area contributed by atoms with E-state index in [2.05, 4.69) is 20.5 Å². The highest BCUT2D eigenvalue weighted by Gasteiger charge is 2.13. The molecule has 134 valence electrons. The standard InChI is InChI=1S/C18H18FN5OS/c1-2-24-17(13-7-10-20-11-8-13)22-23-18(24)26-12-9-16(25)21-15-5-3-14(19)4-6-15/h3-8,10-11H,2,9,12H2,1H3,(H,21,25). The zero-order chi connectivity index (χ0) is 18.4. The van der Waals surface area contributed by atoms with E-state index in [1.165, 1.54) is 36.0 Å². The van der Waals surface area contributed by atoms with Crippen molar-refractivity contribution in [2.24, 2.45) is 0 Å². The van der Waals surface area contributed by atoms with Crippen LogP contribution in [0.15, 0.2) is 53.9 Å². The average Bonchev–Trinajstić information content (AvgIpc) is 3.07. The van der Waals surface area contributed by atoms with Gasteiger partial charge in [-0.2, -0.15) is 0 Å². The number of anilines is 1. The number of nitrogens with zero attached hydrogens (tertiary/aromatic N) is 4. The minimum absolute atomic E-state index is 0.124. The Morgan fingerprint density at radius 1 is 1.15 bits per heavy atom. The normalized spacial score (nSPS) is 10.7. The fourth-order valence-corrected chi connectivity index (χ4v) is 3.33. The Morgan fingerprint density at radius 2 is 1.88 bits per heavy atom. The number of aromatic nitrogens is 4. The van der Waals surface area contributed by atoms with Crippen molar-refractivity contribution in [1.29, 1.82) is 0 Å². The maximum Gasteiger partial charge on any atom is 0.225 e. The second-order valence-electron chi connectivity index (χ2n) is 5.44. The largest absolute Gasteiger partial charge is 0.326 e. The summed E-state index contributed by atoms with van der Waals surface area (Å²) < 4.78 is 14.9. The molecule has 0 fully saturated rings. The molecule has 8 heteroatoms. The van der Waals surface area contributed by atoms with Crippen molar-refractivity contribution in [3.63, 3.8) is 0 Å². The molecular formula is C18H18FN5OS. The predicted molar refractivity (Wildman–Crippen MR) is 99.3 cm³/mol. The third-order valence-corrected chi connectivity index (χ3v) is 4.63. The van der Waals surface area contributed by atoms with E-state index in [4.69, 9.17) is 0 Å². The highest BCUT2D eigenvalue weighted by atomic mass is 32.2. The van der Waals surface area contributed by atoms with Gasteiger partial charge in [-0.3, -0.25) is 9.78 Å². The number of amides is 1. The number of carbonyl (C=O) groups excluding carboxylic acids is 1. The molecule has 1 N–H and O–H groups in total. The summed E-state index contributed by atoms with van der Waals surface area (Å²) in [5, 5.41) is 12.0. The summed E-state index contributed by atoms with van der Waals surface area (Å²) in [4.78, 5) is 16.0. The van der Waals surface area contributed by atoms with Crippen LogP contribution in [0.4, 0.5) is 10.1 Å². The Balaban J connectivity index is 1.57. The van der Waals surface area contributed by atoms with E-state index in [9.17, 15) is 9.18 Å². The second kappa shape index (κ2) is 8.57. The molecule has 26 heavy (non-hydrogen) atoms. The molecule has 6 nitrogen and oxygen atoms in total. The molecule has 0 bridgehead atoms. The molecule has 0 aliphatic carbocycles. The van der Waals surface area contributed by atoms with Crippen LogP contribution in [0.5, 0.6) is 0 Å². The summed E-state index contributed by atoms with van der Waals surface area (Å²) in [6, 6.07) is 9.48.